The van der Waals surface area contributed by atoms with Crippen LogP contribution in [0.15, 0.2) is 23.4 Å². The molecule has 0 aliphatic carbocycles. The smallest absolute Gasteiger partial charge is 0.179 e. The van der Waals surface area contributed by atoms with Crippen molar-refractivity contribution in [2.24, 2.45) is 5.16 Å². The molecule has 5 heteroatoms. The summed E-state index contributed by atoms with van der Waals surface area (Å²) in [6.45, 7) is 0. The van der Waals surface area contributed by atoms with Gasteiger partial charge in [0.05, 0.1) is 19.8 Å². The van der Waals surface area contributed by atoms with Gasteiger partial charge in [-0.1, -0.05) is 22.8 Å². The van der Waals surface area contributed by atoms with Crippen molar-refractivity contribution in [3.05, 3.63) is 23.8 Å². The first-order valence-corrected chi connectivity index (χ1v) is 4.21. The van der Waals surface area contributed by atoms with Gasteiger partial charge in [-0.25, -0.2) is 0 Å². The van der Waals surface area contributed by atoms with Crippen molar-refractivity contribution in [3.63, 3.8) is 0 Å². The number of oxime groups is 1. The van der Waals surface area contributed by atoms with E-state index in [1.165, 1.54) is 14.2 Å². The minimum Gasteiger partial charge on any atom is -0.493 e. The Bertz CT molecular complexity index is 352. The van der Waals surface area contributed by atoms with Crippen LogP contribution < -0.4 is 9.47 Å². The van der Waals surface area contributed by atoms with E-state index >= 15 is 0 Å². The van der Waals surface area contributed by atoms with E-state index in [0.29, 0.717) is 17.1 Å². The summed E-state index contributed by atoms with van der Waals surface area (Å²) in [5, 5.41) is 11.4. The largest absolute Gasteiger partial charge is 0.493 e. The van der Waals surface area contributed by atoms with Gasteiger partial charge in [0.15, 0.2) is 16.7 Å². The molecular formula is C9H10ClNO3. The van der Waals surface area contributed by atoms with Crippen molar-refractivity contribution in [1.29, 1.82) is 0 Å². The van der Waals surface area contributed by atoms with E-state index in [0.717, 1.165) is 0 Å². The van der Waals surface area contributed by atoms with Gasteiger partial charge in [0.2, 0.25) is 0 Å². The number of nitrogens with zero attached hydrogens (tertiary/aromatic N) is 1. The van der Waals surface area contributed by atoms with E-state index in [9.17, 15) is 0 Å². The molecule has 0 atom stereocenters. The summed E-state index contributed by atoms with van der Waals surface area (Å²) in [5.74, 6) is 0.976. The van der Waals surface area contributed by atoms with Gasteiger partial charge in [-0.2, -0.15) is 0 Å². The second-order valence-electron chi connectivity index (χ2n) is 2.43. The zero-order chi connectivity index (χ0) is 10.6. The maximum Gasteiger partial charge on any atom is 0.179 e. The van der Waals surface area contributed by atoms with Crippen LogP contribution in [-0.4, -0.2) is 24.6 Å². The Morgan fingerprint density at radius 1 is 1.36 bits per heavy atom. The van der Waals surface area contributed by atoms with Gasteiger partial charge in [-0.15, -0.1) is 0 Å². The highest BCUT2D eigenvalue weighted by Gasteiger charge is 2.12. The van der Waals surface area contributed by atoms with Crippen molar-refractivity contribution in [2.75, 3.05) is 14.2 Å². The lowest BCUT2D eigenvalue weighted by molar-refractivity contribution is 0.320. The number of halogens is 1. The van der Waals surface area contributed by atoms with Crippen molar-refractivity contribution >= 4 is 16.8 Å². The lowest BCUT2D eigenvalue weighted by Gasteiger charge is -2.10. The molecule has 1 aromatic rings. The normalized spacial score (nSPS) is 11.2. The van der Waals surface area contributed by atoms with Crippen LogP contribution in [-0.2, 0) is 0 Å². The first kappa shape index (κ1) is 10.7. The van der Waals surface area contributed by atoms with E-state index in [2.05, 4.69) is 5.16 Å². The van der Waals surface area contributed by atoms with Crippen molar-refractivity contribution in [3.8, 4) is 11.5 Å². The zero-order valence-corrected chi connectivity index (χ0v) is 8.58. The minimum absolute atomic E-state index is 0.0410. The van der Waals surface area contributed by atoms with Crippen LogP contribution in [0.1, 0.15) is 5.56 Å². The van der Waals surface area contributed by atoms with Crippen LogP contribution in [0.25, 0.3) is 0 Å². The molecule has 0 saturated carbocycles. The maximum atomic E-state index is 8.53. The molecule has 0 radical (unpaired) electrons. The molecule has 0 aliphatic heterocycles. The van der Waals surface area contributed by atoms with Crippen molar-refractivity contribution in [1.82, 2.24) is 0 Å². The van der Waals surface area contributed by atoms with Gasteiger partial charge in [-0.05, 0) is 12.1 Å². The van der Waals surface area contributed by atoms with Gasteiger partial charge in [0.1, 0.15) is 0 Å². The lowest BCUT2D eigenvalue weighted by atomic mass is 10.2. The minimum atomic E-state index is -0.0410. The summed E-state index contributed by atoms with van der Waals surface area (Å²) in [6.07, 6.45) is 0. The highest BCUT2D eigenvalue weighted by atomic mass is 35.5. The highest BCUT2D eigenvalue weighted by Crippen LogP contribution is 2.31. The van der Waals surface area contributed by atoms with Crippen LogP contribution >= 0.6 is 11.6 Å². The third-order valence-electron chi connectivity index (χ3n) is 1.71. The Hall–Kier alpha value is -1.42. The first-order chi connectivity index (χ1) is 6.74. The van der Waals surface area contributed by atoms with Gasteiger partial charge < -0.3 is 14.7 Å². The van der Waals surface area contributed by atoms with Crippen LogP contribution in [0, 0.1) is 0 Å². The molecule has 14 heavy (non-hydrogen) atoms. The van der Waals surface area contributed by atoms with Crippen LogP contribution in [0.4, 0.5) is 0 Å². The van der Waals surface area contributed by atoms with E-state index in [4.69, 9.17) is 26.3 Å². The number of rotatable bonds is 3. The fourth-order valence-electron chi connectivity index (χ4n) is 1.10. The lowest BCUT2D eigenvalue weighted by Crippen LogP contribution is -1.99. The number of methoxy groups -OCH3 is 2. The molecule has 0 aliphatic rings. The predicted molar refractivity (Wildman–Crippen MR) is 53.7 cm³/mol. The molecule has 4 nitrogen and oxygen atoms in total. The second kappa shape index (κ2) is 4.72. The monoisotopic (exact) mass is 215 g/mol. The average Bonchev–Trinajstić information content (AvgIpc) is 2.26. The Balaban J connectivity index is 3.29. The number of ether oxygens (including phenoxy) is 2. The third-order valence-corrected chi connectivity index (χ3v) is 1.99. The molecule has 0 fully saturated rings. The number of hydrogen-bond donors (Lipinski definition) is 1. The molecule has 76 valence electrons. The Labute approximate surface area is 86.7 Å². The van der Waals surface area contributed by atoms with Gasteiger partial charge in [-0.3, -0.25) is 0 Å². The number of para-hydroxylation sites is 1. The van der Waals surface area contributed by atoms with Crippen molar-refractivity contribution < 1.29 is 14.7 Å². The zero-order valence-electron chi connectivity index (χ0n) is 7.82. The van der Waals surface area contributed by atoms with E-state index < -0.39 is 0 Å². The Morgan fingerprint density at radius 2 is 2.07 bits per heavy atom. The summed E-state index contributed by atoms with van der Waals surface area (Å²) >= 11 is 5.67. The fourth-order valence-corrected chi connectivity index (χ4v) is 1.25. The second-order valence-corrected chi connectivity index (χ2v) is 2.79. The van der Waals surface area contributed by atoms with E-state index in [1.54, 1.807) is 18.2 Å². The molecule has 1 N–H and O–H groups in total. The van der Waals surface area contributed by atoms with Crippen LogP contribution in [0.3, 0.4) is 0 Å². The number of hydrogen-bond acceptors (Lipinski definition) is 4. The highest BCUT2D eigenvalue weighted by molar-refractivity contribution is 6.69. The Kier molecular flexibility index (Phi) is 3.59. The number of benzene rings is 1. The molecule has 0 saturated heterocycles. The average molecular weight is 216 g/mol. The molecular weight excluding hydrogens is 206 g/mol. The summed E-state index contributed by atoms with van der Waals surface area (Å²) in [4.78, 5) is 0. The van der Waals surface area contributed by atoms with Crippen molar-refractivity contribution in [2.45, 2.75) is 0 Å². The third kappa shape index (κ3) is 1.90. The van der Waals surface area contributed by atoms with Gasteiger partial charge >= 0.3 is 0 Å². The van der Waals surface area contributed by atoms with Crippen LogP contribution in [0.5, 0.6) is 11.5 Å². The predicted octanol–water partition coefficient (Wildman–Crippen LogP) is 2.08. The SMILES string of the molecule is COc1cccc(/C(Cl)=N\O)c1OC. The summed E-state index contributed by atoms with van der Waals surface area (Å²) < 4.78 is 10.1. The van der Waals surface area contributed by atoms with Crippen LogP contribution in [0.2, 0.25) is 0 Å². The Morgan fingerprint density at radius 3 is 2.57 bits per heavy atom. The van der Waals surface area contributed by atoms with E-state index in [1.807, 2.05) is 0 Å². The molecule has 0 aromatic heterocycles. The van der Waals surface area contributed by atoms with Gasteiger partial charge in [0.25, 0.3) is 0 Å². The molecule has 0 heterocycles. The summed E-state index contributed by atoms with van der Waals surface area (Å²) in [5.41, 5.74) is 0.482. The molecule has 1 rings (SSSR count). The standard InChI is InChI=1S/C9H10ClNO3/c1-13-7-5-3-4-6(8(7)14-2)9(10)11-12/h3-5,12H,1-2H3/b11-9+. The van der Waals surface area contributed by atoms with Gasteiger partial charge in [0, 0.05) is 0 Å². The molecule has 0 spiro atoms. The summed E-state index contributed by atoms with van der Waals surface area (Å²) in [7, 11) is 3.01. The molecule has 1 aromatic carbocycles. The molecule has 0 bridgehead atoms. The fraction of sp³-hybridized carbons (Fsp3) is 0.222. The van der Waals surface area contributed by atoms with E-state index in [-0.39, 0.29) is 5.17 Å². The summed E-state index contributed by atoms with van der Waals surface area (Å²) in [6, 6.07) is 5.12. The topological polar surface area (TPSA) is 51.0 Å². The first-order valence-electron chi connectivity index (χ1n) is 3.83. The maximum absolute atomic E-state index is 8.53. The molecule has 0 amide bonds. The molecule has 0 unspecified atom stereocenters. The quantitative estimate of drug-likeness (QED) is 0.477.